The summed E-state index contributed by atoms with van der Waals surface area (Å²) in [5.41, 5.74) is 8.39. The third kappa shape index (κ3) is 34.7. The molecular weight excluding hydrogens is 703 g/mol. The van der Waals surface area contributed by atoms with E-state index in [2.05, 4.69) is 37.0 Å². The Hall–Kier alpha value is -2.82. The number of unbranched alkanes of at least 4 members (excludes halogenated alkanes) is 13. The van der Waals surface area contributed by atoms with Crippen LogP contribution in [-0.4, -0.2) is 83.0 Å². The number of nitrogens with zero attached hydrogens (tertiary/aromatic N) is 1. The molecule has 1 aliphatic heterocycles. The highest BCUT2D eigenvalue weighted by Crippen LogP contribution is 2.14. The molecule has 0 saturated carbocycles. The van der Waals surface area contributed by atoms with Gasteiger partial charge in [0.25, 0.3) is 0 Å². The topological polar surface area (TPSA) is 205 Å². The van der Waals surface area contributed by atoms with Gasteiger partial charge in [-0.2, -0.15) is 0 Å². The first kappa shape index (κ1) is 50.2. The zero-order valence-corrected chi connectivity index (χ0v) is 34.1. The second-order valence-corrected chi connectivity index (χ2v) is 15.4. The lowest BCUT2D eigenvalue weighted by Crippen LogP contribution is -2.34. The van der Waals surface area contributed by atoms with Gasteiger partial charge in [-0.1, -0.05) is 84.0 Å². The fourth-order valence-electron chi connectivity index (χ4n) is 5.33. The van der Waals surface area contributed by atoms with Crippen LogP contribution in [0.5, 0.6) is 0 Å². The molecule has 0 aromatic carbocycles. The summed E-state index contributed by atoms with van der Waals surface area (Å²) >= 11 is 0. The van der Waals surface area contributed by atoms with Gasteiger partial charge in [0.05, 0.1) is 19.0 Å². The molecule has 1 atom stereocenters. The average molecular weight is 776 g/mol. The van der Waals surface area contributed by atoms with Crippen LogP contribution in [0.2, 0.25) is 0 Å². The number of ketones is 1. The van der Waals surface area contributed by atoms with Crippen molar-refractivity contribution in [1.29, 1.82) is 0 Å². The zero-order valence-electron chi connectivity index (χ0n) is 33.3. The average Bonchev–Trinajstić information content (AvgIpc) is 3.63. The van der Waals surface area contributed by atoms with Crippen molar-refractivity contribution in [2.24, 2.45) is 11.0 Å². The van der Waals surface area contributed by atoms with E-state index in [-0.39, 0.29) is 55.1 Å². The van der Waals surface area contributed by atoms with E-state index in [9.17, 15) is 27.6 Å². The fourth-order valence-corrected chi connectivity index (χ4v) is 6.41. The van der Waals surface area contributed by atoms with Crippen molar-refractivity contribution in [3.63, 3.8) is 0 Å². The van der Waals surface area contributed by atoms with Crippen LogP contribution in [-0.2, 0) is 38.7 Å². The number of amidine groups is 1. The number of hydrazone groups is 1. The zero-order chi connectivity index (χ0) is 39.4. The molecule has 0 saturated heterocycles. The molecule has 53 heavy (non-hydrogen) atoms. The molecule has 1 heterocycles. The van der Waals surface area contributed by atoms with Gasteiger partial charge in [-0.25, -0.2) is 14.0 Å². The molecule has 0 aromatic rings. The van der Waals surface area contributed by atoms with E-state index in [4.69, 9.17) is 9.47 Å². The first-order valence-corrected chi connectivity index (χ1v) is 21.7. The summed E-state index contributed by atoms with van der Waals surface area (Å²) in [6.45, 7) is 10.1. The van der Waals surface area contributed by atoms with Crippen LogP contribution in [0.25, 0.3) is 0 Å². The van der Waals surface area contributed by atoms with E-state index in [0.29, 0.717) is 39.3 Å². The van der Waals surface area contributed by atoms with Crippen LogP contribution in [0.15, 0.2) is 5.10 Å². The van der Waals surface area contributed by atoms with Gasteiger partial charge in [0, 0.05) is 44.9 Å². The molecule has 16 heteroatoms. The summed E-state index contributed by atoms with van der Waals surface area (Å²) in [6.07, 6.45) is 19.6. The Bertz CT molecular complexity index is 1110. The second-order valence-electron chi connectivity index (χ2n) is 13.5. The highest BCUT2D eigenvalue weighted by atomic mass is 32.2. The van der Waals surface area contributed by atoms with Crippen LogP contribution >= 0.6 is 0 Å². The molecule has 0 aliphatic carbocycles. The van der Waals surface area contributed by atoms with Crippen molar-refractivity contribution < 1.29 is 37.1 Å². The van der Waals surface area contributed by atoms with Crippen LogP contribution in [0, 0.1) is 5.92 Å². The molecule has 0 radical (unpaired) electrons. The van der Waals surface area contributed by atoms with Crippen molar-refractivity contribution in [3.05, 3.63) is 0 Å². The van der Waals surface area contributed by atoms with Crippen molar-refractivity contribution in [1.82, 2.24) is 31.9 Å². The summed E-state index contributed by atoms with van der Waals surface area (Å²) < 4.78 is 36.1. The molecule has 310 valence electrons. The predicted molar refractivity (Wildman–Crippen MR) is 210 cm³/mol. The molecule has 6 N–H and O–H groups in total. The van der Waals surface area contributed by atoms with Crippen LogP contribution < -0.4 is 31.9 Å². The van der Waals surface area contributed by atoms with Crippen molar-refractivity contribution in [2.45, 2.75) is 156 Å². The number of carbonyl (C=O) groups excluding carboxylic acids is 4. The van der Waals surface area contributed by atoms with Crippen LogP contribution in [0.4, 0.5) is 0 Å². The maximum absolute atomic E-state index is 11.9. The summed E-state index contributed by atoms with van der Waals surface area (Å²) in [4.78, 5) is 45.6. The van der Waals surface area contributed by atoms with Gasteiger partial charge in [-0.05, 0) is 52.9 Å². The summed E-state index contributed by atoms with van der Waals surface area (Å²) in [6, 6.07) is 0. The van der Waals surface area contributed by atoms with E-state index in [1.807, 2.05) is 20.8 Å². The van der Waals surface area contributed by atoms with Gasteiger partial charge in [0.15, 0.2) is 0 Å². The maximum Gasteiger partial charge on any atom is 0.245 e. The summed E-state index contributed by atoms with van der Waals surface area (Å²) in [5.74, 6) is 0.406. The lowest BCUT2D eigenvalue weighted by molar-refractivity contribution is -0.126. The van der Waals surface area contributed by atoms with Gasteiger partial charge in [-0.3, -0.25) is 29.3 Å². The Kier molecular flexibility index (Phi) is 33.1. The molecule has 0 spiro atoms. The molecule has 3 amide bonds. The maximum atomic E-state index is 11.9. The smallest absolute Gasteiger partial charge is 0.245 e. The molecule has 0 fully saturated rings. The molecule has 0 bridgehead atoms. The number of amides is 3. The van der Waals surface area contributed by atoms with Gasteiger partial charge in [-0.15, -0.1) is 10.6 Å². The Morgan fingerprint density at radius 3 is 1.87 bits per heavy atom. The normalized spacial score (nSPS) is 12.8. The van der Waals surface area contributed by atoms with E-state index in [0.717, 1.165) is 44.4 Å². The number of nitrogens with one attached hydrogen (secondary N) is 6. The number of hydrazine groups is 2. The standard InChI is InChI=1S/C23H46N6O4S.C14H27NO4/c1-2-24-22(30)19-16-20-34(32,33)27-23(31)18-15-13-11-9-7-5-3-4-6-8-10-12-14-17-21-25-28-29-26-21;1-4-18-9-10-19-11-14(17)15-8-6-5-7-12(2)13(3)16/h28-29H,2-20H2,1H3,(H,24,30)(H,25,26)(H,27,31);12H,4-11H2,1-3H3,(H,15,17)/t;12-/m.1/s1. The Labute approximate surface area is 320 Å². The van der Waals surface area contributed by atoms with E-state index in [1.54, 1.807) is 6.92 Å². The Morgan fingerprint density at radius 2 is 1.30 bits per heavy atom. The Balaban J connectivity index is 0.00000121. The molecule has 15 nitrogen and oxygen atoms in total. The summed E-state index contributed by atoms with van der Waals surface area (Å²) in [5, 5.41) is 9.48. The minimum Gasteiger partial charge on any atom is -0.379 e. The molecule has 1 aliphatic rings. The fraction of sp³-hybridized carbons (Fsp3) is 0.865. The minimum absolute atomic E-state index is 0.0803. The Morgan fingerprint density at radius 1 is 0.717 bits per heavy atom. The lowest BCUT2D eigenvalue weighted by Gasteiger charge is -2.08. The highest BCUT2D eigenvalue weighted by molar-refractivity contribution is 7.90. The van der Waals surface area contributed by atoms with Crippen molar-refractivity contribution in [3.8, 4) is 0 Å². The monoisotopic (exact) mass is 776 g/mol. The number of hydrogen-bond donors (Lipinski definition) is 6. The quantitative estimate of drug-likeness (QED) is 0.0496. The number of Topliss-reactive ketones (excluding diaryl/α,β-unsaturated/α-hetero) is 1. The molecular formula is C37H73N7O8S. The number of rotatable bonds is 34. The molecule has 0 aromatic heterocycles. The predicted octanol–water partition coefficient (Wildman–Crippen LogP) is 4.68. The lowest BCUT2D eigenvalue weighted by atomic mass is 10.0. The first-order chi connectivity index (χ1) is 25.5. The van der Waals surface area contributed by atoms with Crippen molar-refractivity contribution in [2.75, 3.05) is 45.3 Å². The van der Waals surface area contributed by atoms with Gasteiger partial charge in [0.1, 0.15) is 18.2 Å². The second kappa shape index (κ2) is 34.9. The van der Waals surface area contributed by atoms with Crippen molar-refractivity contribution >= 4 is 39.4 Å². The highest BCUT2D eigenvalue weighted by Gasteiger charge is 2.15. The number of sulfonamides is 1. The van der Waals surface area contributed by atoms with Gasteiger partial charge >= 0.3 is 0 Å². The van der Waals surface area contributed by atoms with E-state index >= 15 is 0 Å². The molecule has 0 unspecified atom stereocenters. The van der Waals surface area contributed by atoms with Gasteiger partial charge < -0.3 is 20.1 Å². The third-order valence-electron chi connectivity index (χ3n) is 8.62. The SMILES string of the molecule is CCNC(=O)CCCS(=O)(=O)NC(=O)CCCCCCCCCCCCCCCC1=NNNN1.CCOCCOCC(=O)NCCCC[C@@H](C)C(C)=O. The third-order valence-corrected chi connectivity index (χ3v) is 9.99. The number of ether oxygens (including phenoxy) is 2. The van der Waals surface area contributed by atoms with Crippen LogP contribution in [0.1, 0.15) is 156 Å². The molecule has 1 rings (SSSR count). The van der Waals surface area contributed by atoms with Crippen LogP contribution in [0.3, 0.4) is 0 Å². The number of hydrogen-bond acceptors (Lipinski definition) is 12. The van der Waals surface area contributed by atoms with E-state index in [1.165, 1.54) is 64.2 Å². The van der Waals surface area contributed by atoms with Gasteiger partial charge in [0.2, 0.25) is 27.7 Å². The minimum atomic E-state index is -3.66. The van der Waals surface area contributed by atoms with E-state index < -0.39 is 15.9 Å². The number of carbonyl (C=O) groups is 4. The summed E-state index contributed by atoms with van der Waals surface area (Å²) in [7, 11) is -3.66. The first-order valence-electron chi connectivity index (χ1n) is 20.1. The largest absolute Gasteiger partial charge is 0.379 e.